The summed E-state index contributed by atoms with van der Waals surface area (Å²) in [5.74, 6) is -0.930. The second-order valence-corrected chi connectivity index (χ2v) is 5.07. The summed E-state index contributed by atoms with van der Waals surface area (Å²) in [4.78, 5) is 11.2. The fourth-order valence-electron chi connectivity index (χ4n) is 2.21. The molecule has 1 aliphatic heterocycles. The van der Waals surface area contributed by atoms with E-state index in [1.165, 1.54) is 0 Å². The lowest BCUT2D eigenvalue weighted by atomic mass is 9.58. The molecule has 0 bridgehead atoms. The number of carbonyl (C=O) groups is 1. The van der Waals surface area contributed by atoms with E-state index in [-0.39, 0.29) is 5.41 Å². The Hall–Kier alpha value is -0.930. The first-order chi connectivity index (χ1) is 6.77. The van der Waals surface area contributed by atoms with Gasteiger partial charge in [0.25, 0.3) is 5.66 Å². The molecule has 0 atom stereocenters. The smallest absolute Gasteiger partial charge is 0.358 e. The van der Waals surface area contributed by atoms with E-state index in [0.29, 0.717) is 0 Å². The number of rotatable bonds is 5. The van der Waals surface area contributed by atoms with Crippen molar-refractivity contribution in [2.24, 2.45) is 21.1 Å². The van der Waals surface area contributed by atoms with Crippen LogP contribution in [0.3, 0.4) is 0 Å². The highest BCUT2D eigenvalue weighted by molar-refractivity contribution is 5.82. The van der Waals surface area contributed by atoms with Crippen LogP contribution in [0.15, 0.2) is 10.2 Å². The van der Waals surface area contributed by atoms with Gasteiger partial charge in [0.15, 0.2) is 0 Å². The Morgan fingerprint density at radius 2 is 1.60 bits per heavy atom. The second-order valence-electron chi connectivity index (χ2n) is 5.07. The number of aliphatic carboxylic acids is 1. The molecule has 1 N–H and O–H groups in total. The Kier molecular flexibility index (Phi) is 2.66. The van der Waals surface area contributed by atoms with Gasteiger partial charge in [-0.3, -0.25) is 0 Å². The normalized spacial score (nSPS) is 19.0. The van der Waals surface area contributed by atoms with Gasteiger partial charge in [-0.05, 0) is 5.41 Å². The van der Waals surface area contributed by atoms with Gasteiger partial charge >= 0.3 is 5.97 Å². The Bertz CT molecular complexity index is 298. The minimum absolute atomic E-state index is 0.0606. The molecule has 0 amide bonds. The zero-order valence-corrected chi connectivity index (χ0v) is 10.2. The standard InChI is InChI=1S/C11H20N2O2/c1-6-10(5,7-2)9(3,4)11(8(14)15)12-13-11/h6-7H2,1-5H3,(H,14,15). The van der Waals surface area contributed by atoms with Gasteiger partial charge in [0.1, 0.15) is 0 Å². The third-order valence-corrected chi connectivity index (χ3v) is 4.54. The van der Waals surface area contributed by atoms with E-state index >= 15 is 0 Å². The molecular weight excluding hydrogens is 192 g/mol. The van der Waals surface area contributed by atoms with Crippen molar-refractivity contribution in [2.75, 3.05) is 0 Å². The Labute approximate surface area is 90.8 Å². The average molecular weight is 212 g/mol. The first-order valence-electron chi connectivity index (χ1n) is 5.45. The maximum atomic E-state index is 11.2. The van der Waals surface area contributed by atoms with E-state index in [2.05, 4.69) is 31.0 Å². The van der Waals surface area contributed by atoms with Crippen LogP contribution in [0, 0.1) is 10.8 Å². The minimum atomic E-state index is -1.20. The highest BCUT2D eigenvalue weighted by atomic mass is 16.4. The molecule has 1 rings (SSSR count). The molecule has 0 fully saturated rings. The molecule has 4 heteroatoms. The summed E-state index contributed by atoms with van der Waals surface area (Å²) in [6.07, 6.45) is 1.85. The predicted molar refractivity (Wildman–Crippen MR) is 57.7 cm³/mol. The van der Waals surface area contributed by atoms with Gasteiger partial charge in [0.2, 0.25) is 0 Å². The Morgan fingerprint density at radius 1 is 1.20 bits per heavy atom. The average Bonchev–Trinajstić information content (AvgIpc) is 2.96. The molecule has 0 aromatic heterocycles. The van der Waals surface area contributed by atoms with Gasteiger partial charge in [-0.1, -0.05) is 47.5 Å². The van der Waals surface area contributed by atoms with Gasteiger partial charge in [0.05, 0.1) is 0 Å². The summed E-state index contributed by atoms with van der Waals surface area (Å²) >= 11 is 0. The van der Waals surface area contributed by atoms with E-state index < -0.39 is 17.0 Å². The number of carboxylic acid groups (broad SMARTS) is 1. The molecule has 0 spiro atoms. The molecule has 0 unspecified atom stereocenters. The maximum absolute atomic E-state index is 11.2. The number of nitrogens with zero attached hydrogens (tertiary/aromatic N) is 2. The fraction of sp³-hybridized carbons (Fsp3) is 0.909. The second kappa shape index (κ2) is 3.29. The van der Waals surface area contributed by atoms with Crippen LogP contribution in [0.2, 0.25) is 0 Å². The molecule has 0 aromatic carbocycles. The summed E-state index contributed by atoms with van der Waals surface area (Å²) < 4.78 is 0. The van der Waals surface area contributed by atoms with Crippen molar-refractivity contribution in [1.82, 2.24) is 0 Å². The molecule has 1 aliphatic rings. The first-order valence-corrected chi connectivity index (χ1v) is 5.45. The van der Waals surface area contributed by atoms with E-state index in [0.717, 1.165) is 12.8 Å². The van der Waals surface area contributed by atoms with Crippen molar-refractivity contribution in [3.63, 3.8) is 0 Å². The van der Waals surface area contributed by atoms with Crippen molar-refractivity contribution in [1.29, 1.82) is 0 Å². The molecule has 0 radical (unpaired) electrons. The van der Waals surface area contributed by atoms with Gasteiger partial charge in [0, 0.05) is 5.41 Å². The lowest BCUT2D eigenvalue weighted by Crippen LogP contribution is -2.50. The minimum Gasteiger partial charge on any atom is -0.478 e. The number of carboxylic acids is 1. The van der Waals surface area contributed by atoms with Crippen LogP contribution in [-0.4, -0.2) is 16.7 Å². The van der Waals surface area contributed by atoms with E-state index in [9.17, 15) is 9.90 Å². The molecular formula is C11H20N2O2. The van der Waals surface area contributed by atoms with Crippen LogP contribution in [0.5, 0.6) is 0 Å². The van der Waals surface area contributed by atoms with Crippen LogP contribution in [0.25, 0.3) is 0 Å². The van der Waals surface area contributed by atoms with Gasteiger partial charge in [-0.15, -0.1) is 10.2 Å². The highest BCUT2D eigenvalue weighted by Crippen LogP contribution is 2.57. The lowest BCUT2D eigenvalue weighted by molar-refractivity contribution is -0.147. The predicted octanol–water partition coefficient (Wildman–Crippen LogP) is 3.09. The van der Waals surface area contributed by atoms with Crippen molar-refractivity contribution in [3.8, 4) is 0 Å². The van der Waals surface area contributed by atoms with Gasteiger partial charge < -0.3 is 5.11 Å². The summed E-state index contributed by atoms with van der Waals surface area (Å²) in [5.41, 5.74) is -1.71. The van der Waals surface area contributed by atoms with Crippen molar-refractivity contribution < 1.29 is 9.90 Å². The van der Waals surface area contributed by atoms with Crippen molar-refractivity contribution in [3.05, 3.63) is 0 Å². The topological polar surface area (TPSA) is 62.0 Å². The van der Waals surface area contributed by atoms with Crippen molar-refractivity contribution >= 4 is 5.97 Å². The van der Waals surface area contributed by atoms with Crippen LogP contribution in [0.4, 0.5) is 0 Å². The monoisotopic (exact) mass is 212 g/mol. The van der Waals surface area contributed by atoms with Gasteiger partial charge in [-0.25, -0.2) is 4.79 Å². The van der Waals surface area contributed by atoms with Gasteiger partial charge in [-0.2, -0.15) is 0 Å². The SMILES string of the molecule is CCC(C)(CC)C(C)(C)C1(C(=O)O)N=N1. The molecule has 86 valence electrons. The summed E-state index contributed by atoms with van der Waals surface area (Å²) in [7, 11) is 0. The first kappa shape index (κ1) is 12.1. The van der Waals surface area contributed by atoms with E-state index in [1.807, 2.05) is 13.8 Å². The lowest BCUT2D eigenvalue weighted by Gasteiger charge is -2.44. The van der Waals surface area contributed by atoms with Crippen LogP contribution >= 0.6 is 0 Å². The molecule has 4 nitrogen and oxygen atoms in total. The summed E-state index contributed by atoms with van der Waals surface area (Å²) in [6, 6.07) is 0. The zero-order chi connectivity index (χ0) is 11.9. The Morgan fingerprint density at radius 3 is 1.80 bits per heavy atom. The molecule has 0 aromatic rings. The summed E-state index contributed by atoms with van der Waals surface area (Å²) in [6.45, 7) is 10.2. The molecule has 0 aliphatic carbocycles. The number of hydrogen-bond donors (Lipinski definition) is 1. The highest BCUT2D eigenvalue weighted by Gasteiger charge is 2.66. The molecule has 15 heavy (non-hydrogen) atoms. The van der Waals surface area contributed by atoms with Crippen LogP contribution < -0.4 is 0 Å². The third-order valence-electron chi connectivity index (χ3n) is 4.54. The fourth-order valence-corrected chi connectivity index (χ4v) is 2.21. The van der Waals surface area contributed by atoms with E-state index in [4.69, 9.17) is 0 Å². The Balaban J connectivity index is 3.06. The quantitative estimate of drug-likeness (QED) is 0.761. The maximum Gasteiger partial charge on any atom is 0.358 e. The number of hydrogen-bond acceptors (Lipinski definition) is 3. The van der Waals surface area contributed by atoms with E-state index in [1.54, 1.807) is 0 Å². The summed E-state index contributed by atoms with van der Waals surface area (Å²) in [5, 5.41) is 16.8. The van der Waals surface area contributed by atoms with Crippen LogP contribution in [0.1, 0.15) is 47.5 Å². The third kappa shape index (κ3) is 1.38. The molecule has 0 saturated carbocycles. The van der Waals surface area contributed by atoms with Crippen molar-refractivity contribution in [2.45, 2.75) is 53.1 Å². The molecule has 1 heterocycles. The molecule has 0 saturated heterocycles. The zero-order valence-electron chi connectivity index (χ0n) is 10.2. The largest absolute Gasteiger partial charge is 0.478 e. The van der Waals surface area contributed by atoms with Crippen LogP contribution in [-0.2, 0) is 4.79 Å².